The first-order chi connectivity index (χ1) is 8.81. The molecule has 0 saturated heterocycles. The molecule has 0 aliphatic rings. The van der Waals surface area contributed by atoms with E-state index < -0.39 is 0 Å². The second-order valence-electron chi connectivity index (χ2n) is 6.08. The predicted octanol–water partition coefficient (Wildman–Crippen LogP) is 4.87. The maximum atomic E-state index is 4.79. The van der Waals surface area contributed by atoms with E-state index in [9.17, 15) is 0 Å². The quantitative estimate of drug-likeness (QED) is 0.838. The molecule has 19 heavy (non-hydrogen) atoms. The number of nitrogens with one attached hydrogen (secondary N) is 1. The van der Waals surface area contributed by atoms with E-state index in [0.29, 0.717) is 5.92 Å². The zero-order chi connectivity index (χ0) is 14.6. The monoisotopic (exact) mass is 327 g/mol. The Bertz CT molecular complexity index is 424. The normalized spacial score (nSPS) is 13.4. The third-order valence-electron chi connectivity index (χ3n) is 3.17. The fourth-order valence-corrected chi connectivity index (χ4v) is 2.64. The van der Waals surface area contributed by atoms with Gasteiger partial charge >= 0.3 is 0 Å². The highest BCUT2D eigenvalue weighted by Gasteiger charge is 2.24. The third-order valence-corrected chi connectivity index (χ3v) is 3.93. The van der Waals surface area contributed by atoms with Crippen LogP contribution in [0.2, 0.25) is 0 Å². The molecule has 0 saturated carbocycles. The summed E-state index contributed by atoms with van der Waals surface area (Å²) in [6.07, 6.45) is 2.14. The Labute approximate surface area is 125 Å². The van der Waals surface area contributed by atoms with Crippen LogP contribution < -0.4 is 5.32 Å². The van der Waals surface area contributed by atoms with E-state index in [0.717, 1.165) is 41.2 Å². The standard InChI is InChI=1S/C15H26BrN3/c1-7-9-17-14-11(16)12(15(4,5)6)18-13(19-14)10(3)8-2/h10H,7-9H2,1-6H3,(H,17,18,19). The maximum absolute atomic E-state index is 4.79. The molecule has 1 heterocycles. The molecule has 1 unspecified atom stereocenters. The van der Waals surface area contributed by atoms with Gasteiger partial charge in [0, 0.05) is 17.9 Å². The summed E-state index contributed by atoms with van der Waals surface area (Å²) in [5.41, 5.74) is 1.09. The average molecular weight is 328 g/mol. The molecular weight excluding hydrogens is 302 g/mol. The van der Waals surface area contributed by atoms with Crippen LogP contribution in [0.4, 0.5) is 5.82 Å². The van der Waals surface area contributed by atoms with Crippen LogP contribution in [0.25, 0.3) is 0 Å². The van der Waals surface area contributed by atoms with Crippen molar-refractivity contribution in [3.8, 4) is 0 Å². The van der Waals surface area contributed by atoms with Gasteiger partial charge in [-0.05, 0) is 28.8 Å². The third kappa shape index (κ3) is 4.16. The Morgan fingerprint density at radius 2 is 1.84 bits per heavy atom. The highest BCUT2D eigenvalue weighted by Crippen LogP contribution is 2.34. The van der Waals surface area contributed by atoms with Gasteiger partial charge in [-0.2, -0.15) is 0 Å². The second kappa shape index (κ2) is 6.69. The average Bonchev–Trinajstić information content (AvgIpc) is 2.35. The van der Waals surface area contributed by atoms with Crippen molar-refractivity contribution in [2.45, 2.75) is 65.7 Å². The van der Waals surface area contributed by atoms with Gasteiger partial charge in [0.05, 0.1) is 10.2 Å². The first-order valence-corrected chi connectivity index (χ1v) is 7.92. The first-order valence-electron chi connectivity index (χ1n) is 7.13. The van der Waals surface area contributed by atoms with Gasteiger partial charge in [-0.25, -0.2) is 9.97 Å². The molecule has 4 heteroatoms. The van der Waals surface area contributed by atoms with Gasteiger partial charge in [-0.15, -0.1) is 0 Å². The molecule has 1 atom stereocenters. The number of rotatable bonds is 5. The van der Waals surface area contributed by atoms with E-state index in [4.69, 9.17) is 4.98 Å². The van der Waals surface area contributed by atoms with Crippen molar-refractivity contribution in [2.75, 3.05) is 11.9 Å². The van der Waals surface area contributed by atoms with E-state index in [2.05, 4.69) is 67.8 Å². The highest BCUT2D eigenvalue weighted by atomic mass is 79.9. The summed E-state index contributed by atoms with van der Waals surface area (Å²) in [5, 5.41) is 3.40. The van der Waals surface area contributed by atoms with Gasteiger partial charge < -0.3 is 5.32 Å². The smallest absolute Gasteiger partial charge is 0.144 e. The van der Waals surface area contributed by atoms with Gasteiger partial charge in [0.25, 0.3) is 0 Å². The summed E-state index contributed by atoms with van der Waals surface area (Å²) in [7, 11) is 0. The van der Waals surface area contributed by atoms with E-state index in [1.165, 1.54) is 0 Å². The SMILES string of the molecule is CCCNc1nc(C(C)CC)nc(C(C)(C)C)c1Br. The molecule has 0 spiro atoms. The van der Waals surface area contributed by atoms with Crippen LogP contribution >= 0.6 is 15.9 Å². The summed E-state index contributed by atoms with van der Waals surface area (Å²) in [6.45, 7) is 14.0. The first kappa shape index (κ1) is 16.4. The summed E-state index contributed by atoms with van der Waals surface area (Å²) < 4.78 is 1.00. The summed E-state index contributed by atoms with van der Waals surface area (Å²) in [6, 6.07) is 0. The zero-order valence-electron chi connectivity index (χ0n) is 13.0. The van der Waals surface area contributed by atoms with Crippen LogP contribution in [-0.4, -0.2) is 16.5 Å². The van der Waals surface area contributed by atoms with Crippen molar-refractivity contribution in [3.05, 3.63) is 16.0 Å². The van der Waals surface area contributed by atoms with Gasteiger partial charge in [0.1, 0.15) is 11.6 Å². The van der Waals surface area contributed by atoms with Gasteiger partial charge in [0.15, 0.2) is 0 Å². The number of nitrogens with zero attached hydrogens (tertiary/aromatic N) is 2. The lowest BCUT2D eigenvalue weighted by molar-refractivity contribution is 0.550. The van der Waals surface area contributed by atoms with Crippen molar-refractivity contribution in [1.29, 1.82) is 0 Å². The molecule has 1 N–H and O–H groups in total. The van der Waals surface area contributed by atoms with Crippen LogP contribution in [0.5, 0.6) is 0 Å². The number of halogens is 1. The maximum Gasteiger partial charge on any atom is 0.144 e. The minimum atomic E-state index is 0.00658. The minimum Gasteiger partial charge on any atom is -0.369 e. The number of anilines is 1. The van der Waals surface area contributed by atoms with Crippen molar-refractivity contribution in [3.63, 3.8) is 0 Å². The van der Waals surface area contributed by atoms with Crippen LogP contribution in [0, 0.1) is 0 Å². The van der Waals surface area contributed by atoms with Crippen molar-refractivity contribution >= 4 is 21.7 Å². The van der Waals surface area contributed by atoms with Crippen LogP contribution in [0.15, 0.2) is 4.47 Å². The molecule has 108 valence electrons. The van der Waals surface area contributed by atoms with E-state index in [1.807, 2.05) is 0 Å². The van der Waals surface area contributed by atoms with Crippen molar-refractivity contribution in [2.24, 2.45) is 0 Å². The van der Waals surface area contributed by atoms with Gasteiger partial charge in [-0.3, -0.25) is 0 Å². The van der Waals surface area contributed by atoms with Crippen LogP contribution in [0.1, 0.15) is 71.8 Å². The predicted molar refractivity (Wildman–Crippen MR) is 85.9 cm³/mol. The highest BCUT2D eigenvalue weighted by molar-refractivity contribution is 9.10. The lowest BCUT2D eigenvalue weighted by Crippen LogP contribution is -2.19. The molecule has 1 aromatic rings. The van der Waals surface area contributed by atoms with E-state index in [-0.39, 0.29) is 5.41 Å². The van der Waals surface area contributed by atoms with E-state index >= 15 is 0 Å². The minimum absolute atomic E-state index is 0.00658. The summed E-state index contributed by atoms with van der Waals surface area (Å²) >= 11 is 3.66. The zero-order valence-corrected chi connectivity index (χ0v) is 14.6. The Morgan fingerprint density at radius 3 is 2.32 bits per heavy atom. The number of hydrogen-bond donors (Lipinski definition) is 1. The molecule has 1 aromatic heterocycles. The molecule has 1 rings (SSSR count). The number of aromatic nitrogens is 2. The number of hydrogen-bond acceptors (Lipinski definition) is 3. The van der Waals surface area contributed by atoms with Crippen molar-refractivity contribution in [1.82, 2.24) is 9.97 Å². The Hall–Kier alpha value is -0.640. The van der Waals surface area contributed by atoms with Crippen LogP contribution in [-0.2, 0) is 5.41 Å². The molecule has 0 aliphatic heterocycles. The lowest BCUT2D eigenvalue weighted by Gasteiger charge is -2.23. The molecular formula is C15H26BrN3. The second-order valence-corrected chi connectivity index (χ2v) is 6.87. The molecule has 0 aliphatic carbocycles. The van der Waals surface area contributed by atoms with E-state index in [1.54, 1.807) is 0 Å². The van der Waals surface area contributed by atoms with Crippen LogP contribution in [0.3, 0.4) is 0 Å². The molecule has 0 fully saturated rings. The molecule has 3 nitrogen and oxygen atoms in total. The van der Waals surface area contributed by atoms with Gasteiger partial charge in [-0.1, -0.05) is 41.5 Å². The topological polar surface area (TPSA) is 37.8 Å². The Kier molecular flexibility index (Phi) is 5.78. The summed E-state index contributed by atoms with van der Waals surface area (Å²) in [4.78, 5) is 9.47. The molecule has 0 aromatic carbocycles. The lowest BCUT2D eigenvalue weighted by atomic mass is 9.91. The Balaban J connectivity index is 3.30. The van der Waals surface area contributed by atoms with Crippen molar-refractivity contribution < 1.29 is 0 Å². The van der Waals surface area contributed by atoms with Gasteiger partial charge in [0.2, 0.25) is 0 Å². The fourth-order valence-electron chi connectivity index (χ4n) is 1.72. The Morgan fingerprint density at radius 1 is 1.21 bits per heavy atom. The summed E-state index contributed by atoms with van der Waals surface area (Å²) in [5.74, 6) is 2.25. The molecule has 0 bridgehead atoms. The largest absolute Gasteiger partial charge is 0.369 e. The fraction of sp³-hybridized carbons (Fsp3) is 0.733. The molecule has 0 radical (unpaired) electrons. The molecule has 0 amide bonds.